The van der Waals surface area contributed by atoms with Crippen LogP contribution in [-0.2, 0) is 28.7 Å². The first-order valence-corrected chi connectivity index (χ1v) is 9.88. The second kappa shape index (κ2) is 8.28. The maximum Gasteiger partial charge on any atom is 0.326 e. The number of hydrogen-bond acceptors (Lipinski definition) is 6. The molecule has 2 heterocycles. The van der Waals surface area contributed by atoms with Crippen LogP contribution in [0, 0.1) is 11.8 Å². The van der Waals surface area contributed by atoms with Crippen LogP contribution < -0.4 is 0 Å². The minimum absolute atomic E-state index is 0.0351. The quantitative estimate of drug-likeness (QED) is 0.483. The Bertz CT molecular complexity index is 661. The number of carbonyl (C=O) groups excluding carboxylic acids is 5. The Morgan fingerprint density at radius 2 is 1.46 bits per heavy atom. The normalized spacial score (nSPS) is 26.1. The molecule has 1 aliphatic carbocycles. The number of rotatable bonds is 4. The zero-order valence-corrected chi connectivity index (χ0v) is 16.4. The summed E-state index contributed by atoms with van der Waals surface area (Å²) in [4.78, 5) is 65.1. The molecule has 4 amide bonds. The third kappa shape index (κ3) is 4.02. The van der Waals surface area contributed by atoms with Crippen molar-refractivity contribution in [1.29, 1.82) is 0 Å². The predicted octanol–water partition coefficient (Wildman–Crippen LogP) is -0.216. The van der Waals surface area contributed by atoms with E-state index in [4.69, 9.17) is 4.74 Å². The number of nitrogens with zero attached hydrogens (tertiary/aromatic N) is 3. The van der Waals surface area contributed by atoms with Crippen LogP contribution in [0.25, 0.3) is 0 Å². The molecule has 3 aliphatic rings. The summed E-state index contributed by atoms with van der Waals surface area (Å²) in [6.45, 7) is 4.17. The lowest BCUT2D eigenvalue weighted by atomic mass is 9.81. The highest BCUT2D eigenvalue weighted by Gasteiger charge is 2.48. The third-order valence-electron chi connectivity index (χ3n) is 5.91. The van der Waals surface area contributed by atoms with E-state index in [-0.39, 0.29) is 35.5 Å². The zero-order valence-electron chi connectivity index (χ0n) is 16.4. The van der Waals surface area contributed by atoms with Gasteiger partial charge in [0.25, 0.3) is 5.91 Å². The van der Waals surface area contributed by atoms with Gasteiger partial charge in [0.05, 0.1) is 11.8 Å². The number of piperazine rings is 1. The van der Waals surface area contributed by atoms with E-state index in [9.17, 15) is 24.0 Å². The maximum absolute atomic E-state index is 12.5. The van der Waals surface area contributed by atoms with Crippen molar-refractivity contribution in [2.45, 2.75) is 45.6 Å². The van der Waals surface area contributed by atoms with Crippen molar-refractivity contribution in [2.24, 2.45) is 11.8 Å². The van der Waals surface area contributed by atoms with Gasteiger partial charge in [-0.05, 0) is 19.8 Å². The smallest absolute Gasteiger partial charge is 0.326 e. The largest absolute Gasteiger partial charge is 0.451 e. The minimum atomic E-state index is -1.01. The van der Waals surface area contributed by atoms with E-state index in [1.807, 2.05) is 0 Å². The maximum atomic E-state index is 12.5. The van der Waals surface area contributed by atoms with Gasteiger partial charge in [-0.3, -0.25) is 28.9 Å². The van der Waals surface area contributed by atoms with Gasteiger partial charge in [0.2, 0.25) is 17.7 Å². The summed E-state index contributed by atoms with van der Waals surface area (Å²) in [7, 11) is 0. The van der Waals surface area contributed by atoms with Gasteiger partial charge in [0, 0.05) is 33.1 Å². The molecule has 3 rings (SSSR count). The molecule has 0 bridgehead atoms. The second-order valence-electron chi connectivity index (χ2n) is 7.72. The number of carbonyl (C=O) groups is 5. The highest BCUT2D eigenvalue weighted by Crippen LogP contribution is 2.37. The summed E-state index contributed by atoms with van der Waals surface area (Å²) in [5, 5.41) is 0. The molecule has 2 aliphatic heterocycles. The van der Waals surface area contributed by atoms with Gasteiger partial charge >= 0.3 is 5.97 Å². The van der Waals surface area contributed by atoms with Crippen LogP contribution >= 0.6 is 0 Å². The number of fused-ring (bicyclic) bond motifs is 1. The Kier molecular flexibility index (Phi) is 6.00. The van der Waals surface area contributed by atoms with Crippen molar-refractivity contribution in [3.63, 3.8) is 0 Å². The van der Waals surface area contributed by atoms with Gasteiger partial charge in [0.1, 0.15) is 6.54 Å². The van der Waals surface area contributed by atoms with E-state index in [0.29, 0.717) is 39.0 Å². The lowest BCUT2D eigenvalue weighted by Gasteiger charge is -2.35. The summed E-state index contributed by atoms with van der Waals surface area (Å²) in [6, 6.07) is 0. The van der Waals surface area contributed by atoms with Crippen molar-refractivity contribution >= 4 is 29.6 Å². The van der Waals surface area contributed by atoms with Crippen molar-refractivity contribution in [3.8, 4) is 0 Å². The average Bonchev–Trinajstić information content (AvgIpc) is 2.92. The summed E-state index contributed by atoms with van der Waals surface area (Å²) < 4.78 is 5.19. The van der Waals surface area contributed by atoms with E-state index in [1.165, 1.54) is 13.8 Å². The molecule has 0 radical (unpaired) electrons. The van der Waals surface area contributed by atoms with Crippen LogP contribution in [0.3, 0.4) is 0 Å². The zero-order chi connectivity index (χ0) is 20.4. The Balaban J connectivity index is 1.50. The van der Waals surface area contributed by atoms with Crippen molar-refractivity contribution < 1.29 is 28.7 Å². The second-order valence-corrected chi connectivity index (χ2v) is 7.72. The highest BCUT2D eigenvalue weighted by molar-refractivity contribution is 6.07. The summed E-state index contributed by atoms with van der Waals surface area (Å²) in [5.41, 5.74) is 0. The minimum Gasteiger partial charge on any atom is -0.451 e. The SMILES string of the molecule is CC(=O)N1CCN(C(=O)C(C)OC(=O)CN2C(=O)C3CCCCC3C2=O)CC1. The first kappa shape index (κ1) is 20.3. The van der Waals surface area contributed by atoms with Crippen LogP contribution in [0.15, 0.2) is 0 Å². The summed E-state index contributed by atoms with van der Waals surface area (Å²) in [5.74, 6) is -2.37. The molecule has 9 nitrogen and oxygen atoms in total. The molecule has 2 saturated heterocycles. The molecular weight excluding hydrogens is 366 g/mol. The Morgan fingerprint density at radius 1 is 0.964 bits per heavy atom. The lowest BCUT2D eigenvalue weighted by Crippen LogP contribution is -2.52. The van der Waals surface area contributed by atoms with E-state index in [1.54, 1.807) is 9.80 Å². The standard InChI is InChI=1S/C19H27N3O6/c1-12(17(25)21-9-7-20(8-10-21)13(2)23)28-16(24)11-22-18(26)14-5-3-4-6-15(14)19(22)27/h12,14-15H,3-11H2,1-2H3. The number of hydrogen-bond donors (Lipinski definition) is 0. The molecule has 0 spiro atoms. The molecule has 28 heavy (non-hydrogen) atoms. The van der Waals surface area contributed by atoms with Gasteiger partial charge in [-0.2, -0.15) is 0 Å². The molecule has 0 aromatic rings. The van der Waals surface area contributed by atoms with Crippen LogP contribution in [-0.4, -0.2) is 83.1 Å². The van der Waals surface area contributed by atoms with Gasteiger partial charge in [-0.1, -0.05) is 12.8 Å². The molecule has 3 unspecified atom stereocenters. The molecule has 1 saturated carbocycles. The van der Waals surface area contributed by atoms with Crippen molar-refractivity contribution in [3.05, 3.63) is 0 Å². The fraction of sp³-hybridized carbons (Fsp3) is 0.737. The molecule has 0 N–H and O–H groups in total. The summed E-state index contributed by atoms with van der Waals surface area (Å²) >= 11 is 0. The molecule has 0 aromatic carbocycles. The topological polar surface area (TPSA) is 104 Å². The van der Waals surface area contributed by atoms with E-state index in [2.05, 4.69) is 0 Å². The molecule has 154 valence electrons. The first-order chi connectivity index (χ1) is 13.3. The molecule has 9 heteroatoms. The number of amides is 4. The van der Waals surface area contributed by atoms with Gasteiger partial charge in [-0.15, -0.1) is 0 Å². The van der Waals surface area contributed by atoms with Crippen LogP contribution in [0.1, 0.15) is 39.5 Å². The van der Waals surface area contributed by atoms with Gasteiger partial charge in [-0.25, -0.2) is 0 Å². The van der Waals surface area contributed by atoms with Crippen molar-refractivity contribution in [1.82, 2.24) is 14.7 Å². The van der Waals surface area contributed by atoms with Crippen LogP contribution in [0.2, 0.25) is 0 Å². The first-order valence-electron chi connectivity index (χ1n) is 9.88. The van der Waals surface area contributed by atoms with E-state index >= 15 is 0 Å². The number of esters is 1. The van der Waals surface area contributed by atoms with Crippen LogP contribution in [0.4, 0.5) is 0 Å². The van der Waals surface area contributed by atoms with Gasteiger partial charge in [0.15, 0.2) is 6.10 Å². The number of likely N-dealkylation sites (tertiary alicyclic amines) is 1. The third-order valence-corrected chi connectivity index (χ3v) is 5.91. The Labute approximate surface area is 163 Å². The predicted molar refractivity (Wildman–Crippen MR) is 96.6 cm³/mol. The molecule has 0 aromatic heterocycles. The monoisotopic (exact) mass is 393 g/mol. The summed E-state index contributed by atoms with van der Waals surface area (Å²) in [6.07, 6.45) is 2.19. The number of ether oxygens (including phenoxy) is 1. The Hall–Kier alpha value is -2.45. The fourth-order valence-electron chi connectivity index (χ4n) is 4.30. The van der Waals surface area contributed by atoms with Gasteiger partial charge < -0.3 is 14.5 Å². The molecule has 3 atom stereocenters. The molecular formula is C19H27N3O6. The highest BCUT2D eigenvalue weighted by atomic mass is 16.5. The Morgan fingerprint density at radius 3 is 1.96 bits per heavy atom. The van der Waals surface area contributed by atoms with E-state index in [0.717, 1.165) is 17.7 Å². The average molecular weight is 393 g/mol. The number of imide groups is 1. The van der Waals surface area contributed by atoms with Crippen LogP contribution in [0.5, 0.6) is 0 Å². The molecule has 3 fully saturated rings. The van der Waals surface area contributed by atoms with Crippen molar-refractivity contribution in [2.75, 3.05) is 32.7 Å². The lowest BCUT2D eigenvalue weighted by molar-refractivity contribution is -0.163. The van der Waals surface area contributed by atoms with E-state index < -0.39 is 18.6 Å². The fourth-order valence-corrected chi connectivity index (χ4v) is 4.30.